The second-order valence-corrected chi connectivity index (χ2v) is 7.12. The highest BCUT2D eigenvalue weighted by Gasteiger charge is 2.44. The highest BCUT2D eigenvalue weighted by molar-refractivity contribution is 6.43. The van der Waals surface area contributed by atoms with Crippen LogP contribution < -0.4 is 5.43 Å². The second kappa shape index (κ2) is 8.42. The third-order valence-electron chi connectivity index (χ3n) is 4.33. The predicted octanol–water partition coefficient (Wildman–Crippen LogP) is 1.90. The van der Waals surface area contributed by atoms with Gasteiger partial charge in [0.15, 0.2) is 6.23 Å². The van der Waals surface area contributed by atoms with E-state index in [-0.39, 0.29) is 15.2 Å². The van der Waals surface area contributed by atoms with Crippen molar-refractivity contribution in [3.05, 3.63) is 32.9 Å². The van der Waals surface area contributed by atoms with Gasteiger partial charge >= 0.3 is 6.09 Å². The quantitative estimate of drug-likeness (QED) is 0.415. The molecule has 0 spiro atoms. The molecule has 1 amide bonds. The lowest BCUT2D eigenvalue weighted by atomic mass is 10.1. The molecule has 3 rings (SSSR count). The Kier molecular flexibility index (Phi) is 6.35. The first-order valence-electron chi connectivity index (χ1n) is 7.98. The molecule has 9 nitrogen and oxygen atoms in total. The summed E-state index contributed by atoms with van der Waals surface area (Å²) in [6.07, 6.45) is -4.28. The summed E-state index contributed by atoms with van der Waals surface area (Å²) in [6.45, 7) is -0.491. The number of methoxy groups -OCH3 is 1. The molecule has 2 heterocycles. The highest BCUT2D eigenvalue weighted by atomic mass is 35.5. The number of hydrogen-bond acceptors (Lipinski definition) is 7. The Bertz CT molecular complexity index is 934. The normalized spacial score (nSPS) is 25.0. The fourth-order valence-electron chi connectivity index (χ4n) is 2.96. The van der Waals surface area contributed by atoms with Crippen LogP contribution in [0.2, 0.25) is 15.2 Å². The van der Waals surface area contributed by atoms with Gasteiger partial charge in [0.25, 0.3) is 0 Å². The number of rotatable bonds is 4. The third-order valence-corrected chi connectivity index (χ3v) is 5.44. The van der Waals surface area contributed by atoms with Crippen molar-refractivity contribution in [1.82, 2.24) is 9.99 Å². The summed E-state index contributed by atoms with van der Waals surface area (Å²) in [6, 6.07) is 3.06. The van der Waals surface area contributed by atoms with Gasteiger partial charge in [0.05, 0.1) is 35.5 Å². The average molecular weight is 453 g/mol. The molecule has 152 valence electrons. The van der Waals surface area contributed by atoms with Gasteiger partial charge in [-0.05, 0) is 12.1 Å². The summed E-state index contributed by atoms with van der Waals surface area (Å²) in [5, 5.41) is 34.6. The zero-order valence-corrected chi connectivity index (χ0v) is 16.6. The standard InChI is InChI=1S/C16H16Cl3N3O6/c1-27-16(26)21-20-4-7-6-2-8(17)9(18)3-10(6)22(14(7)19)15-13(25)12(24)11(5-23)28-15/h2-4,11-13,15,23-25H,5H2,1H3,(H,21,26)/b20-4+/t11-,12-,13-,15?/m1/s1. The summed E-state index contributed by atoms with van der Waals surface area (Å²) >= 11 is 18.7. The average Bonchev–Trinajstić information content (AvgIpc) is 3.09. The molecule has 1 unspecified atom stereocenters. The maximum Gasteiger partial charge on any atom is 0.427 e. The van der Waals surface area contributed by atoms with Gasteiger partial charge in [0, 0.05) is 10.9 Å². The van der Waals surface area contributed by atoms with E-state index in [1.807, 2.05) is 0 Å². The van der Waals surface area contributed by atoms with Crippen LogP contribution >= 0.6 is 34.8 Å². The fourth-order valence-corrected chi connectivity index (χ4v) is 3.62. The Morgan fingerprint density at radius 3 is 2.61 bits per heavy atom. The minimum absolute atomic E-state index is 0.0820. The number of halogens is 3. The van der Waals surface area contributed by atoms with Crippen LogP contribution in [0.5, 0.6) is 0 Å². The molecule has 1 aromatic carbocycles. The van der Waals surface area contributed by atoms with Gasteiger partial charge in [-0.2, -0.15) is 5.10 Å². The van der Waals surface area contributed by atoms with Crippen LogP contribution in [0, 0.1) is 0 Å². The van der Waals surface area contributed by atoms with E-state index in [0.717, 1.165) is 0 Å². The summed E-state index contributed by atoms with van der Waals surface area (Å²) in [5.74, 6) is 0. The Balaban J connectivity index is 2.14. The first-order chi connectivity index (χ1) is 13.3. The van der Waals surface area contributed by atoms with Crippen molar-refractivity contribution in [2.75, 3.05) is 13.7 Å². The molecule has 0 radical (unpaired) electrons. The number of amides is 1. The second-order valence-electron chi connectivity index (χ2n) is 5.95. The third kappa shape index (κ3) is 3.67. The lowest BCUT2D eigenvalue weighted by molar-refractivity contribution is -0.0505. The van der Waals surface area contributed by atoms with Crippen molar-refractivity contribution in [1.29, 1.82) is 0 Å². The topological polar surface area (TPSA) is 126 Å². The molecular formula is C16H16Cl3N3O6. The summed E-state index contributed by atoms with van der Waals surface area (Å²) < 4.78 is 11.4. The molecule has 1 fully saturated rings. The van der Waals surface area contributed by atoms with Gasteiger partial charge in [-0.1, -0.05) is 34.8 Å². The van der Waals surface area contributed by atoms with Crippen molar-refractivity contribution >= 4 is 58.0 Å². The molecule has 0 bridgehead atoms. The molecular weight excluding hydrogens is 437 g/mol. The number of aliphatic hydroxyl groups is 3. The van der Waals surface area contributed by atoms with E-state index in [0.29, 0.717) is 16.5 Å². The number of carbonyl (C=O) groups is 1. The van der Waals surface area contributed by atoms with Gasteiger partial charge in [-0.25, -0.2) is 10.2 Å². The van der Waals surface area contributed by atoms with Gasteiger partial charge in [-0.3, -0.25) is 0 Å². The van der Waals surface area contributed by atoms with E-state index < -0.39 is 37.2 Å². The molecule has 0 aliphatic carbocycles. The number of aromatic nitrogens is 1. The van der Waals surface area contributed by atoms with Gasteiger partial charge in [0.1, 0.15) is 23.5 Å². The van der Waals surface area contributed by atoms with Crippen molar-refractivity contribution < 1.29 is 29.6 Å². The summed E-state index contributed by atoms with van der Waals surface area (Å²) in [7, 11) is 1.19. The molecule has 12 heteroatoms. The first kappa shape index (κ1) is 21.1. The number of fused-ring (bicyclic) bond motifs is 1. The summed E-state index contributed by atoms with van der Waals surface area (Å²) in [4.78, 5) is 11.2. The van der Waals surface area contributed by atoms with E-state index >= 15 is 0 Å². The number of aliphatic hydroxyl groups excluding tert-OH is 3. The number of hydrazone groups is 1. The van der Waals surface area contributed by atoms with Crippen LogP contribution in [0.4, 0.5) is 4.79 Å². The lowest BCUT2D eigenvalue weighted by Gasteiger charge is -2.19. The number of benzene rings is 1. The van der Waals surface area contributed by atoms with Gasteiger partial charge < -0.3 is 29.4 Å². The Hall–Kier alpha value is -1.59. The molecule has 4 atom stereocenters. The number of ether oxygens (including phenoxy) is 2. The Morgan fingerprint density at radius 1 is 1.32 bits per heavy atom. The molecule has 1 aliphatic heterocycles. The van der Waals surface area contributed by atoms with Crippen molar-refractivity contribution in [3.63, 3.8) is 0 Å². The molecule has 1 aromatic heterocycles. The highest BCUT2D eigenvalue weighted by Crippen LogP contribution is 2.40. The Labute approximate surface area is 174 Å². The maximum absolute atomic E-state index is 11.2. The van der Waals surface area contributed by atoms with Crippen LogP contribution in [-0.2, 0) is 9.47 Å². The van der Waals surface area contributed by atoms with E-state index in [4.69, 9.17) is 39.5 Å². The van der Waals surface area contributed by atoms with E-state index in [9.17, 15) is 20.1 Å². The zero-order valence-electron chi connectivity index (χ0n) is 14.3. The molecule has 28 heavy (non-hydrogen) atoms. The van der Waals surface area contributed by atoms with Crippen LogP contribution in [0.3, 0.4) is 0 Å². The lowest BCUT2D eigenvalue weighted by Crippen LogP contribution is -2.33. The van der Waals surface area contributed by atoms with Crippen LogP contribution in [0.25, 0.3) is 10.9 Å². The van der Waals surface area contributed by atoms with Gasteiger partial charge in [-0.15, -0.1) is 0 Å². The minimum Gasteiger partial charge on any atom is -0.452 e. The van der Waals surface area contributed by atoms with Gasteiger partial charge in [0.2, 0.25) is 0 Å². The number of nitrogens with zero attached hydrogens (tertiary/aromatic N) is 2. The van der Waals surface area contributed by atoms with Crippen molar-refractivity contribution in [2.45, 2.75) is 24.5 Å². The minimum atomic E-state index is -1.36. The van der Waals surface area contributed by atoms with E-state index in [1.54, 1.807) is 6.07 Å². The largest absolute Gasteiger partial charge is 0.452 e. The van der Waals surface area contributed by atoms with Crippen LogP contribution in [0.1, 0.15) is 11.8 Å². The molecule has 1 aliphatic rings. The number of hydrogen-bond donors (Lipinski definition) is 4. The fraction of sp³-hybridized carbons (Fsp3) is 0.375. The Morgan fingerprint density at radius 2 is 2.00 bits per heavy atom. The molecule has 4 N–H and O–H groups in total. The molecule has 2 aromatic rings. The molecule has 1 saturated heterocycles. The van der Waals surface area contributed by atoms with Crippen molar-refractivity contribution in [2.24, 2.45) is 5.10 Å². The number of nitrogens with one attached hydrogen (secondary N) is 1. The van der Waals surface area contributed by atoms with E-state index in [1.165, 1.54) is 24.0 Å². The summed E-state index contributed by atoms with van der Waals surface area (Å²) in [5.41, 5.74) is 2.93. The SMILES string of the molecule is COC(=O)N/N=C/c1c(Cl)n(C2O[C@H](CO)[C@@H](O)[C@H]2O)c2cc(Cl)c(Cl)cc12. The van der Waals surface area contributed by atoms with Crippen molar-refractivity contribution in [3.8, 4) is 0 Å². The van der Waals surface area contributed by atoms with E-state index in [2.05, 4.69) is 15.3 Å². The first-order valence-corrected chi connectivity index (χ1v) is 9.11. The smallest absolute Gasteiger partial charge is 0.427 e. The predicted molar refractivity (Wildman–Crippen MR) is 103 cm³/mol. The zero-order chi connectivity index (χ0) is 20.6. The maximum atomic E-state index is 11.2. The monoisotopic (exact) mass is 451 g/mol. The van der Waals surface area contributed by atoms with Crippen LogP contribution in [0.15, 0.2) is 17.2 Å². The number of carbonyl (C=O) groups excluding carboxylic acids is 1. The molecule has 0 saturated carbocycles. The van der Waals surface area contributed by atoms with Crippen LogP contribution in [-0.4, -0.2) is 64.2 Å².